The fourth-order valence-corrected chi connectivity index (χ4v) is 4.01. The Morgan fingerprint density at radius 1 is 1.59 bits per heavy atom. The number of hydrogen-bond acceptors (Lipinski definition) is 4. The van der Waals surface area contributed by atoms with E-state index in [0.29, 0.717) is 6.04 Å². The quantitative estimate of drug-likeness (QED) is 0.886. The maximum absolute atomic E-state index is 3.61. The van der Waals surface area contributed by atoms with Gasteiger partial charge in [0.05, 0.1) is 0 Å². The van der Waals surface area contributed by atoms with Crippen LogP contribution >= 0.6 is 23.1 Å². The molecule has 0 saturated carbocycles. The summed E-state index contributed by atoms with van der Waals surface area (Å²) in [5.74, 6) is 1.29. The largest absolute Gasteiger partial charge is 0.308 e. The van der Waals surface area contributed by atoms with E-state index in [1.807, 2.05) is 11.3 Å². The topological polar surface area (TPSA) is 15.3 Å². The van der Waals surface area contributed by atoms with Crippen molar-refractivity contribution in [3.8, 4) is 0 Å². The molecule has 1 saturated heterocycles. The van der Waals surface area contributed by atoms with Crippen molar-refractivity contribution < 1.29 is 0 Å². The molecule has 2 rings (SSSR count). The molecule has 17 heavy (non-hydrogen) atoms. The Kier molecular flexibility index (Phi) is 5.35. The molecule has 0 amide bonds. The summed E-state index contributed by atoms with van der Waals surface area (Å²) in [5.41, 5.74) is 0. The molecule has 1 aromatic rings. The Bertz CT molecular complexity index is 313. The zero-order valence-corrected chi connectivity index (χ0v) is 12.3. The van der Waals surface area contributed by atoms with Gasteiger partial charge in [-0.25, -0.2) is 0 Å². The Hall–Kier alpha value is -0.0300. The van der Waals surface area contributed by atoms with Crippen LogP contribution in [0.25, 0.3) is 0 Å². The van der Waals surface area contributed by atoms with Crippen LogP contribution in [0.2, 0.25) is 0 Å². The summed E-state index contributed by atoms with van der Waals surface area (Å²) >= 11 is 3.94. The first-order valence-corrected chi connectivity index (χ1v) is 8.29. The molecule has 1 fully saturated rings. The van der Waals surface area contributed by atoms with Gasteiger partial charge in [0.15, 0.2) is 0 Å². The molecule has 1 N–H and O–H groups in total. The van der Waals surface area contributed by atoms with Crippen LogP contribution < -0.4 is 5.32 Å². The van der Waals surface area contributed by atoms with Gasteiger partial charge in [0.2, 0.25) is 0 Å². The van der Waals surface area contributed by atoms with Crippen LogP contribution in [0.5, 0.6) is 0 Å². The first-order chi connectivity index (χ1) is 8.25. The second-order valence-corrected chi connectivity index (χ2v) is 7.20. The summed E-state index contributed by atoms with van der Waals surface area (Å²) < 4.78 is 0. The van der Waals surface area contributed by atoms with Gasteiger partial charge >= 0.3 is 0 Å². The third kappa shape index (κ3) is 4.28. The number of rotatable bonds is 5. The highest BCUT2D eigenvalue weighted by Crippen LogP contribution is 2.19. The summed E-state index contributed by atoms with van der Waals surface area (Å²) in [4.78, 5) is 4.02. The van der Waals surface area contributed by atoms with E-state index in [-0.39, 0.29) is 0 Å². The zero-order valence-electron chi connectivity index (χ0n) is 10.7. The lowest BCUT2D eigenvalue weighted by molar-refractivity contribution is 0.282. The zero-order chi connectivity index (χ0) is 12.1. The summed E-state index contributed by atoms with van der Waals surface area (Å²) in [5, 5.41) is 6.56. The first-order valence-electron chi connectivity index (χ1n) is 6.36. The minimum atomic E-state index is 0.492. The minimum absolute atomic E-state index is 0.492. The maximum Gasteiger partial charge on any atom is 0.0386 e. The van der Waals surface area contributed by atoms with Crippen LogP contribution in [-0.2, 0) is 0 Å². The molecule has 0 aliphatic carbocycles. The van der Waals surface area contributed by atoms with E-state index in [4.69, 9.17) is 0 Å². The van der Waals surface area contributed by atoms with E-state index in [0.717, 1.165) is 11.8 Å². The summed E-state index contributed by atoms with van der Waals surface area (Å²) in [6.45, 7) is 9.36. The van der Waals surface area contributed by atoms with Crippen molar-refractivity contribution in [1.29, 1.82) is 0 Å². The summed E-state index contributed by atoms with van der Waals surface area (Å²) in [6.07, 6.45) is 0. The number of nitrogens with zero attached hydrogens (tertiary/aromatic N) is 1. The summed E-state index contributed by atoms with van der Waals surface area (Å²) in [6, 6.07) is 4.83. The van der Waals surface area contributed by atoms with Crippen molar-refractivity contribution in [3.05, 3.63) is 22.4 Å². The van der Waals surface area contributed by atoms with Crippen molar-refractivity contribution >= 4 is 23.1 Å². The van der Waals surface area contributed by atoms with Crippen molar-refractivity contribution in [3.63, 3.8) is 0 Å². The van der Waals surface area contributed by atoms with Gasteiger partial charge in [0, 0.05) is 48.1 Å². The highest BCUT2D eigenvalue weighted by Gasteiger charge is 2.16. The molecule has 2 unspecified atom stereocenters. The molecule has 0 spiro atoms. The van der Waals surface area contributed by atoms with E-state index in [2.05, 4.69) is 53.3 Å². The van der Waals surface area contributed by atoms with Gasteiger partial charge in [-0.3, -0.25) is 0 Å². The van der Waals surface area contributed by atoms with Crippen molar-refractivity contribution in [2.45, 2.75) is 25.1 Å². The van der Waals surface area contributed by atoms with Crippen LogP contribution in [0.15, 0.2) is 17.5 Å². The molecule has 2 atom stereocenters. The molecule has 0 bridgehead atoms. The number of nitrogens with one attached hydrogen (secondary N) is 1. The highest BCUT2D eigenvalue weighted by molar-refractivity contribution is 7.99. The van der Waals surface area contributed by atoms with Crippen LogP contribution in [0.1, 0.15) is 24.8 Å². The molecule has 0 aromatic carbocycles. The van der Waals surface area contributed by atoms with E-state index in [1.54, 1.807) is 0 Å². The maximum atomic E-state index is 3.61. The Labute approximate surface area is 113 Å². The predicted molar refractivity (Wildman–Crippen MR) is 79.1 cm³/mol. The van der Waals surface area contributed by atoms with Gasteiger partial charge in [-0.2, -0.15) is 11.8 Å². The second kappa shape index (κ2) is 6.78. The van der Waals surface area contributed by atoms with Gasteiger partial charge in [-0.15, -0.1) is 11.3 Å². The van der Waals surface area contributed by atoms with Gasteiger partial charge in [-0.05, 0) is 18.4 Å². The predicted octanol–water partition coefficient (Wildman–Crippen LogP) is 2.84. The Morgan fingerprint density at radius 3 is 3.18 bits per heavy atom. The van der Waals surface area contributed by atoms with E-state index in [9.17, 15) is 0 Å². The minimum Gasteiger partial charge on any atom is -0.308 e. The third-order valence-corrected chi connectivity index (χ3v) is 5.37. The Morgan fingerprint density at radius 2 is 2.47 bits per heavy atom. The molecular formula is C13H22N2S2. The van der Waals surface area contributed by atoms with Crippen LogP contribution in [0, 0.1) is 0 Å². The number of thiophene rings is 1. The molecule has 1 aliphatic rings. The van der Waals surface area contributed by atoms with E-state index in [1.165, 1.54) is 30.3 Å². The molecule has 0 radical (unpaired) electrons. The lowest BCUT2D eigenvalue weighted by Gasteiger charge is -2.30. The average molecular weight is 270 g/mol. The molecule has 96 valence electrons. The third-order valence-electron chi connectivity index (χ3n) is 3.17. The SMILES string of the molecule is CC1CN(CCNC(C)c2cccs2)CCS1. The fourth-order valence-electron chi connectivity index (χ4n) is 2.17. The van der Waals surface area contributed by atoms with Crippen molar-refractivity contribution in [2.75, 3.05) is 31.9 Å². The summed E-state index contributed by atoms with van der Waals surface area (Å²) in [7, 11) is 0. The number of thioether (sulfide) groups is 1. The van der Waals surface area contributed by atoms with Gasteiger partial charge < -0.3 is 10.2 Å². The van der Waals surface area contributed by atoms with Gasteiger partial charge in [0.1, 0.15) is 0 Å². The monoisotopic (exact) mass is 270 g/mol. The molecule has 4 heteroatoms. The Balaban J connectivity index is 1.65. The van der Waals surface area contributed by atoms with Gasteiger partial charge in [-0.1, -0.05) is 13.0 Å². The molecular weight excluding hydrogens is 248 g/mol. The van der Waals surface area contributed by atoms with Crippen LogP contribution in [0.3, 0.4) is 0 Å². The van der Waals surface area contributed by atoms with Crippen molar-refractivity contribution in [1.82, 2.24) is 10.2 Å². The molecule has 2 nitrogen and oxygen atoms in total. The van der Waals surface area contributed by atoms with Crippen molar-refractivity contribution in [2.24, 2.45) is 0 Å². The van der Waals surface area contributed by atoms with Crippen LogP contribution in [-0.4, -0.2) is 42.1 Å². The first kappa shape index (κ1) is 13.4. The van der Waals surface area contributed by atoms with E-state index < -0.39 is 0 Å². The highest BCUT2D eigenvalue weighted by atomic mass is 32.2. The fraction of sp³-hybridized carbons (Fsp3) is 0.692. The lowest BCUT2D eigenvalue weighted by atomic mass is 10.3. The average Bonchev–Trinajstić information content (AvgIpc) is 2.82. The molecule has 1 aromatic heterocycles. The standard InChI is InChI=1S/C13H22N2S2/c1-11-10-15(7-9-16-11)6-5-14-12(2)13-4-3-8-17-13/h3-4,8,11-12,14H,5-7,9-10H2,1-2H3. The molecule has 2 heterocycles. The van der Waals surface area contributed by atoms with Crippen LogP contribution in [0.4, 0.5) is 0 Å². The van der Waals surface area contributed by atoms with Gasteiger partial charge in [0.25, 0.3) is 0 Å². The molecule has 1 aliphatic heterocycles. The number of hydrogen-bond donors (Lipinski definition) is 1. The smallest absolute Gasteiger partial charge is 0.0386 e. The second-order valence-electron chi connectivity index (χ2n) is 4.67. The van der Waals surface area contributed by atoms with E-state index >= 15 is 0 Å². The normalized spacial score (nSPS) is 23.8. The lowest BCUT2D eigenvalue weighted by Crippen LogP contribution is -2.40.